The van der Waals surface area contributed by atoms with Crippen molar-refractivity contribution in [3.05, 3.63) is 41.5 Å². The number of rotatable bonds is 6. The number of unbranched alkanes of at least 4 members (excludes halogenated alkanes) is 1. The summed E-state index contributed by atoms with van der Waals surface area (Å²) in [5, 5.41) is 2.93. The highest BCUT2D eigenvalue weighted by molar-refractivity contribution is 5.93. The van der Waals surface area contributed by atoms with Gasteiger partial charge in [-0.15, -0.1) is 0 Å². The van der Waals surface area contributed by atoms with Gasteiger partial charge in [0.15, 0.2) is 5.58 Å². The normalized spacial score (nSPS) is 10.9. The number of hydrogen-bond acceptors (Lipinski definition) is 4. The Kier molecular flexibility index (Phi) is 5.26. The summed E-state index contributed by atoms with van der Waals surface area (Å²) in [6.45, 7) is 6.17. The molecule has 1 N–H and O–H groups in total. The quantitative estimate of drug-likeness (QED) is 0.658. The molecule has 0 atom stereocenters. The van der Waals surface area contributed by atoms with E-state index in [0.717, 1.165) is 29.5 Å². The molecule has 0 saturated heterocycles. The van der Waals surface area contributed by atoms with E-state index in [9.17, 15) is 4.79 Å². The third kappa shape index (κ3) is 3.72. The Labute approximate surface area is 153 Å². The number of nitrogens with zero attached hydrogens (tertiary/aromatic N) is 1. The number of anilines is 1. The fraction of sp³-hybridized carbons (Fsp3) is 0.333. The van der Waals surface area contributed by atoms with Crippen molar-refractivity contribution in [3.63, 3.8) is 0 Å². The van der Waals surface area contributed by atoms with E-state index < -0.39 is 0 Å². The Bertz CT molecular complexity index is 905. The van der Waals surface area contributed by atoms with Gasteiger partial charge in [0.2, 0.25) is 11.8 Å². The molecule has 2 aromatic carbocycles. The molecule has 26 heavy (non-hydrogen) atoms. The summed E-state index contributed by atoms with van der Waals surface area (Å²) >= 11 is 0. The molecule has 0 fully saturated rings. The second kappa shape index (κ2) is 7.60. The second-order valence-electron chi connectivity index (χ2n) is 6.49. The number of aryl methyl sites for hydroxylation is 2. The number of oxazole rings is 1. The van der Waals surface area contributed by atoms with E-state index in [1.165, 1.54) is 11.1 Å². The van der Waals surface area contributed by atoms with Gasteiger partial charge in [0.25, 0.3) is 0 Å². The van der Waals surface area contributed by atoms with Crippen LogP contribution in [0.15, 0.2) is 34.7 Å². The Morgan fingerprint density at radius 3 is 2.69 bits per heavy atom. The number of amides is 1. The topological polar surface area (TPSA) is 64.4 Å². The van der Waals surface area contributed by atoms with E-state index in [4.69, 9.17) is 9.15 Å². The largest absolute Gasteiger partial charge is 0.495 e. The van der Waals surface area contributed by atoms with Gasteiger partial charge in [-0.1, -0.05) is 13.3 Å². The van der Waals surface area contributed by atoms with Gasteiger partial charge in [-0.25, -0.2) is 4.98 Å². The molecule has 0 saturated carbocycles. The summed E-state index contributed by atoms with van der Waals surface area (Å²) in [6.07, 6.45) is 2.33. The van der Waals surface area contributed by atoms with E-state index >= 15 is 0 Å². The Balaban J connectivity index is 1.95. The highest BCUT2D eigenvalue weighted by Crippen LogP contribution is 2.32. The van der Waals surface area contributed by atoms with Crippen LogP contribution in [0.3, 0.4) is 0 Å². The van der Waals surface area contributed by atoms with Gasteiger partial charge in [-0.3, -0.25) is 4.79 Å². The van der Waals surface area contributed by atoms with Crippen LogP contribution in [0.2, 0.25) is 0 Å². The smallest absolute Gasteiger partial charge is 0.227 e. The Morgan fingerprint density at radius 2 is 1.96 bits per heavy atom. The van der Waals surface area contributed by atoms with Crippen LogP contribution >= 0.6 is 0 Å². The van der Waals surface area contributed by atoms with Crippen LogP contribution in [-0.4, -0.2) is 18.0 Å². The van der Waals surface area contributed by atoms with Gasteiger partial charge in [0.1, 0.15) is 11.3 Å². The van der Waals surface area contributed by atoms with Crippen LogP contribution in [0.4, 0.5) is 5.69 Å². The molecule has 0 bridgehead atoms. The number of fused-ring (bicyclic) bond motifs is 1. The summed E-state index contributed by atoms with van der Waals surface area (Å²) in [5.41, 5.74) is 5.35. The molecular weight excluding hydrogens is 328 g/mol. The van der Waals surface area contributed by atoms with Crippen LogP contribution in [-0.2, 0) is 4.79 Å². The number of ether oxygens (including phenoxy) is 1. The van der Waals surface area contributed by atoms with E-state index in [-0.39, 0.29) is 5.91 Å². The number of hydrogen-bond donors (Lipinski definition) is 1. The lowest BCUT2D eigenvalue weighted by atomic mass is 10.1. The monoisotopic (exact) mass is 352 g/mol. The van der Waals surface area contributed by atoms with Crippen molar-refractivity contribution in [2.45, 2.75) is 40.0 Å². The first kappa shape index (κ1) is 18.0. The SMILES string of the molecule is CCCCC(=O)Nc1cc(-c2nc3cc(C)c(C)cc3o2)ccc1OC. The van der Waals surface area contributed by atoms with Gasteiger partial charge in [0, 0.05) is 12.0 Å². The maximum absolute atomic E-state index is 12.1. The molecule has 0 radical (unpaired) electrons. The lowest BCUT2D eigenvalue weighted by molar-refractivity contribution is -0.116. The van der Waals surface area contributed by atoms with Crippen molar-refractivity contribution in [2.24, 2.45) is 0 Å². The highest BCUT2D eigenvalue weighted by Gasteiger charge is 2.14. The number of benzene rings is 2. The molecule has 0 unspecified atom stereocenters. The van der Waals surface area contributed by atoms with Crippen molar-refractivity contribution in [1.29, 1.82) is 0 Å². The summed E-state index contributed by atoms with van der Waals surface area (Å²) in [6, 6.07) is 9.56. The average molecular weight is 352 g/mol. The second-order valence-corrected chi connectivity index (χ2v) is 6.49. The summed E-state index contributed by atoms with van der Waals surface area (Å²) in [5.74, 6) is 1.12. The highest BCUT2D eigenvalue weighted by atomic mass is 16.5. The van der Waals surface area contributed by atoms with Gasteiger partial charge < -0.3 is 14.5 Å². The van der Waals surface area contributed by atoms with E-state index in [2.05, 4.69) is 24.1 Å². The fourth-order valence-electron chi connectivity index (χ4n) is 2.79. The number of methoxy groups -OCH3 is 1. The number of carbonyl (C=O) groups is 1. The maximum Gasteiger partial charge on any atom is 0.227 e. The Morgan fingerprint density at radius 1 is 1.19 bits per heavy atom. The van der Waals surface area contributed by atoms with E-state index in [1.807, 2.05) is 37.3 Å². The van der Waals surface area contributed by atoms with Gasteiger partial charge in [0.05, 0.1) is 12.8 Å². The fourth-order valence-corrected chi connectivity index (χ4v) is 2.79. The van der Waals surface area contributed by atoms with Crippen molar-refractivity contribution in [1.82, 2.24) is 4.98 Å². The molecule has 0 aliphatic heterocycles. The molecule has 1 amide bonds. The van der Waals surface area contributed by atoms with E-state index in [1.54, 1.807) is 7.11 Å². The summed E-state index contributed by atoms with van der Waals surface area (Å²) < 4.78 is 11.3. The summed E-state index contributed by atoms with van der Waals surface area (Å²) in [7, 11) is 1.59. The number of carbonyl (C=O) groups excluding carboxylic acids is 1. The molecule has 3 aromatic rings. The lowest BCUT2D eigenvalue weighted by Crippen LogP contribution is -2.11. The minimum Gasteiger partial charge on any atom is -0.495 e. The molecule has 3 rings (SSSR count). The minimum absolute atomic E-state index is 0.0221. The molecule has 0 aliphatic rings. The third-order valence-corrected chi connectivity index (χ3v) is 4.48. The van der Waals surface area contributed by atoms with Crippen LogP contribution in [0.25, 0.3) is 22.6 Å². The van der Waals surface area contributed by atoms with E-state index in [0.29, 0.717) is 23.7 Å². The standard InChI is InChI=1S/C21H24N2O3/c1-5-6-7-20(24)22-17-12-15(8-9-18(17)25-4)21-23-16-10-13(2)14(3)11-19(16)26-21/h8-12H,5-7H2,1-4H3,(H,22,24). The molecular formula is C21H24N2O3. The average Bonchev–Trinajstić information content (AvgIpc) is 3.03. The molecule has 0 aliphatic carbocycles. The van der Waals surface area contributed by atoms with Crippen molar-refractivity contribution in [2.75, 3.05) is 12.4 Å². The zero-order valence-electron chi connectivity index (χ0n) is 15.7. The van der Waals surface area contributed by atoms with Crippen molar-refractivity contribution >= 4 is 22.7 Å². The van der Waals surface area contributed by atoms with Crippen LogP contribution in [0.1, 0.15) is 37.3 Å². The van der Waals surface area contributed by atoms with Crippen LogP contribution < -0.4 is 10.1 Å². The third-order valence-electron chi connectivity index (χ3n) is 4.48. The van der Waals surface area contributed by atoms with Crippen LogP contribution in [0, 0.1) is 13.8 Å². The first-order chi connectivity index (χ1) is 12.5. The zero-order valence-corrected chi connectivity index (χ0v) is 15.7. The molecule has 5 nitrogen and oxygen atoms in total. The first-order valence-corrected chi connectivity index (χ1v) is 8.88. The minimum atomic E-state index is -0.0221. The molecule has 136 valence electrons. The zero-order chi connectivity index (χ0) is 18.7. The summed E-state index contributed by atoms with van der Waals surface area (Å²) in [4.78, 5) is 16.7. The predicted molar refractivity (Wildman–Crippen MR) is 104 cm³/mol. The maximum atomic E-state index is 12.1. The predicted octanol–water partition coefficient (Wildman–Crippen LogP) is 5.25. The molecule has 0 spiro atoms. The van der Waals surface area contributed by atoms with Gasteiger partial charge in [-0.2, -0.15) is 0 Å². The van der Waals surface area contributed by atoms with Crippen molar-refractivity contribution in [3.8, 4) is 17.2 Å². The first-order valence-electron chi connectivity index (χ1n) is 8.88. The molecule has 1 aromatic heterocycles. The lowest BCUT2D eigenvalue weighted by Gasteiger charge is -2.11. The number of aromatic nitrogens is 1. The van der Waals surface area contributed by atoms with Gasteiger partial charge in [-0.05, 0) is 61.7 Å². The Hall–Kier alpha value is -2.82. The molecule has 1 heterocycles. The van der Waals surface area contributed by atoms with Crippen LogP contribution in [0.5, 0.6) is 5.75 Å². The number of nitrogens with one attached hydrogen (secondary N) is 1. The van der Waals surface area contributed by atoms with Gasteiger partial charge >= 0.3 is 0 Å². The molecule has 5 heteroatoms. The van der Waals surface area contributed by atoms with Crippen molar-refractivity contribution < 1.29 is 13.9 Å².